The zero-order valence-electron chi connectivity index (χ0n) is 11.4. The molecule has 1 amide bonds. The van der Waals surface area contributed by atoms with Crippen LogP contribution in [-0.2, 0) is 4.79 Å². The standard InChI is InChI=1S/C14H26N2O/c1-4-10(3)6-14(17)16-9-11-7-15-8-12(11)13(16)5-2/h10-13,15H,4-9H2,1-3H3. The van der Waals surface area contributed by atoms with Crippen LogP contribution in [0.2, 0.25) is 0 Å². The maximum atomic E-state index is 12.3. The van der Waals surface area contributed by atoms with E-state index >= 15 is 0 Å². The van der Waals surface area contributed by atoms with Gasteiger partial charge in [-0.2, -0.15) is 0 Å². The van der Waals surface area contributed by atoms with Gasteiger partial charge in [-0.05, 0) is 24.2 Å². The monoisotopic (exact) mass is 238 g/mol. The van der Waals surface area contributed by atoms with Gasteiger partial charge in [0.25, 0.3) is 0 Å². The Morgan fingerprint density at radius 1 is 1.41 bits per heavy atom. The van der Waals surface area contributed by atoms with Crippen molar-refractivity contribution in [3.63, 3.8) is 0 Å². The summed E-state index contributed by atoms with van der Waals surface area (Å²) in [6, 6.07) is 0.492. The second-order valence-corrected chi connectivity index (χ2v) is 5.82. The Morgan fingerprint density at radius 3 is 2.82 bits per heavy atom. The second kappa shape index (κ2) is 5.38. The van der Waals surface area contributed by atoms with Crippen LogP contribution in [0.5, 0.6) is 0 Å². The lowest BCUT2D eigenvalue weighted by molar-refractivity contribution is -0.133. The third-order valence-electron chi connectivity index (χ3n) is 4.68. The van der Waals surface area contributed by atoms with Gasteiger partial charge in [0.15, 0.2) is 0 Å². The Morgan fingerprint density at radius 2 is 2.18 bits per heavy atom. The molecule has 0 radical (unpaired) electrons. The van der Waals surface area contributed by atoms with Crippen LogP contribution in [0, 0.1) is 17.8 Å². The molecule has 2 aliphatic rings. The van der Waals surface area contributed by atoms with Gasteiger partial charge >= 0.3 is 0 Å². The molecule has 0 bridgehead atoms. The zero-order chi connectivity index (χ0) is 12.4. The minimum Gasteiger partial charge on any atom is -0.339 e. The summed E-state index contributed by atoms with van der Waals surface area (Å²) in [5, 5.41) is 3.46. The van der Waals surface area contributed by atoms with Crippen LogP contribution < -0.4 is 5.32 Å². The van der Waals surface area contributed by atoms with Gasteiger partial charge < -0.3 is 10.2 Å². The van der Waals surface area contributed by atoms with Crippen molar-refractivity contribution in [2.24, 2.45) is 17.8 Å². The van der Waals surface area contributed by atoms with E-state index in [2.05, 4.69) is 31.0 Å². The summed E-state index contributed by atoms with van der Waals surface area (Å²) in [5.74, 6) is 2.33. The van der Waals surface area contributed by atoms with Crippen molar-refractivity contribution in [3.05, 3.63) is 0 Å². The fraction of sp³-hybridized carbons (Fsp3) is 0.929. The number of nitrogens with one attached hydrogen (secondary N) is 1. The molecule has 3 heteroatoms. The molecule has 2 saturated heterocycles. The molecule has 0 aliphatic carbocycles. The van der Waals surface area contributed by atoms with Crippen molar-refractivity contribution in [1.29, 1.82) is 0 Å². The summed E-state index contributed by atoms with van der Waals surface area (Å²) in [4.78, 5) is 14.5. The topological polar surface area (TPSA) is 32.3 Å². The van der Waals surface area contributed by atoms with Crippen LogP contribution in [0.3, 0.4) is 0 Å². The highest BCUT2D eigenvalue weighted by atomic mass is 16.2. The van der Waals surface area contributed by atoms with Crippen LogP contribution in [-0.4, -0.2) is 36.5 Å². The van der Waals surface area contributed by atoms with Crippen LogP contribution in [0.25, 0.3) is 0 Å². The summed E-state index contributed by atoms with van der Waals surface area (Å²) in [7, 11) is 0. The molecule has 3 nitrogen and oxygen atoms in total. The molecule has 0 aromatic rings. The van der Waals surface area contributed by atoms with E-state index in [0.717, 1.165) is 38.9 Å². The number of amides is 1. The SMILES string of the molecule is CCC(C)CC(=O)N1CC2CNCC2C1CC. The first-order valence-electron chi connectivity index (χ1n) is 7.17. The predicted octanol–water partition coefficient (Wildman–Crippen LogP) is 1.88. The average Bonchev–Trinajstić information content (AvgIpc) is 2.87. The van der Waals surface area contributed by atoms with Gasteiger partial charge in [0.05, 0.1) is 0 Å². The summed E-state index contributed by atoms with van der Waals surface area (Å²) >= 11 is 0. The molecule has 0 aromatic carbocycles. The molecule has 4 atom stereocenters. The van der Waals surface area contributed by atoms with Crippen molar-refractivity contribution >= 4 is 5.91 Å². The van der Waals surface area contributed by atoms with Gasteiger partial charge in [-0.1, -0.05) is 27.2 Å². The maximum Gasteiger partial charge on any atom is 0.223 e. The van der Waals surface area contributed by atoms with Crippen LogP contribution in [0.4, 0.5) is 0 Å². The molecular weight excluding hydrogens is 212 g/mol. The summed E-state index contributed by atoms with van der Waals surface area (Å²) in [5.41, 5.74) is 0. The maximum absolute atomic E-state index is 12.3. The number of likely N-dealkylation sites (tertiary alicyclic amines) is 1. The molecule has 0 spiro atoms. The Labute approximate surface area is 105 Å². The molecule has 4 unspecified atom stereocenters. The first kappa shape index (κ1) is 12.9. The molecule has 2 aliphatic heterocycles. The number of hydrogen-bond acceptors (Lipinski definition) is 2. The Balaban J connectivity index is 1.98. The number of carbonyl (C=O) groups excluding carboxylic acids is 1. The predicted molar refractivity (Wildman–Crippen MR) is 69.7 cm³/mol. The molecule has 1 N–H and O–H groups in total. The summed E-state index contributed by atoms with van der Waals surface area (Å²) < 4.78 is 0. The van der Waals surface area contributed by atoms with E-state index in [9.17, 15) is 4.79 Å². The fourth-order valence-corrected chi connectivity index (χ4v) is 3.39. The number of fused-ring (bicyclic) bond motifs is 1. The fourth-order valence-electron chi connectivity index (χ4n) is 3.39. The Bertz CT molecular complexity index is 279. The molecule has 0 saturated carbocycles. The average molecular weight is 238 g/mol. The number of carbonyl (C=O) groups is 1. The highest BCUT2D eigenvalue weighted by molar-refractivity contribution is 5.77. The lowest BCUT2D eigenvalue weighted by atomic mass is 9.92. The van der Waals surface area contributed by atoms with Crippen LogP contribution in [0.15, 0.2) is 0 Å². The van der Waals surface area contributed by atoms with Crippen molar-refractivity contribution < 1.29 is 4.79 Å². The second-order valence-electron chi connectivity index (χ2n) is 5.82. The van der Waals surface area contributed by atoms with Gasteiger partial charge in [-0.25, -0.2) is 0 Å². The Kier molecular flexibility index (Phi) is 4.08. The van der Waals surface area contributed by atoms with E-state index in [1.807, 2.05) is 0 Å². The van der Waals surface area contributed by atoms with Crippen LogP contribution in [0.1, 0.15) is 40.0 Å². The van der Waals surface area contributed by atoms with E-state index < -0.39 is 0 Å². The third kappa shape index (κ3) is 2.49. The third-order valence-corrected chi connectivity index (χ3v) is 4.68. The Hall–Kier alpha value is -0.570. The number of nitrogens with zero attached hydrogens (tertiary/aromatic N) is 1. The van der Waals surface area contributed by atoms with Crippen LogP contribution >= 0.6 is 0 Å². The van der Waals surface area contributed by atoms with E-state index in [1.54, 1.807) is 0 Å². The normalized spacial score (nSPS) is 33.8. The van der Waals surface area contributed by atoms with Crippen molar-refractivity contribution in [2.75, 3.05) is 19.6 Å². The van der Waals surface area contributed by atoms with Crippen molar-refractivity contribution in [3.8, 4) is 0 Å². The lowest BCUT2D eigenvalue weighted by Crippen LogP contribution is -2.40. The highest BCUT2D eigenvalue weighted by Crippen LogP contribution is 2.34. The largest absolute Gasteiger partial charge is 0.339 e. The molecule has 2 heterocycles. The zero-order valence-corrected chi connectivity index (χ0v) is 11.4. The number of hydrogen-bond donors (Lipinski definition) is 1. The van der Waals surface area contributed by atoms with Gasteiger partial charge in [0.2, 0.25) is 5.91 Å². The van der Waals surface area contributed by atoms with Gasteiger partial charge in [-0.15, -0.1) is 0 Å². The van der Waals surface area contributed by atoms with E-state index in [4.69, 9.17) is 0 Å². The molecule has 17 heavy (non-hydrogen) atoms. The minimum absolute atomic E-state index is 0.389. The van der Waals surface area contributed by atoms with Gasteiger partial charge in [-0.3, -0.25) is 4.79 Å². The molecular formula is C14H26N2O. The van der Waals surface area contributed by atoms with Gasteiger partial charge in [0.1, 0.15) is 0 Å². The summed E-state index contributed by atoms with van der Waals surface area (Å²) in [6.45, 7) is 9.76. The van der Waals surface area contributed by atoms with Crippen molar-refractivity contribution in [1.82, 2.24) is 10.2 Å². The first-order chi connectivity index (χ1) is 8.17. The van der Waals surface area contributed by atoms with E-state index in [1.165, 1.54) is 0 Å². The summed E-state index contributed by atoms with van der Waals surface area (Å²) in [6.07, 6.45) is 2.94. The van der Waals surface area contributed by atoms with E-state index in [0.29, 0.717) is 29.7 Å². The van der Waals surface area contributed by atoms with Gasteiger partial charge in [0, 0.05) is 32.1 Å². The molecule has 0 aromatic heterocycles. The first-order valence-corrected chi connectivity index (χ1v) is 7.17. The molecule has 2 fully saturated rings. The number of rotatable bonds is 4. The molecule has 2 rings (SSSR count). The minimum atomic E-state index is 0.389. The quantitative estimate of drug-likeness (QED) is 0.811. The lowest BCUT2D eigenvalue weighted by Gasteiger charge is -2.28. The van der Waals surface area contributed by atoms with Crippen molar-refractivity contribution in [2.45, 2.75) is 46.1 Å². The highest BCUT2D eigenvalue weighted by Gasteiger charge is 2.44. The molecule has 98 valence electrons. The van der Waals surface area contributed by atoms with E-state index in [-0.39, 0.29) is 0 Å². The smallest absolute Gasteiger partial charge is 0.223 e.